The van der Waals surface area contributed by atoms with Crippen LogP contribution in [0.3, 0.4) is 0 Å². The van der Waals surface area contributed by atoms with E-state index in [1.165, 1.54) is 0 Å². The molecule has 15 heavy (non-hydrogen) atoms. The van der Waals surface area contributed by atoms with Crippen LogP contribution in [0.2, 0.25) is 0 Å². The maximum absolute atomic E-state index is 11.5. The Labute approximate surface area is 87.5 Å². The Kier molecular flexibility index (Phi) is 1.78. The van der Waals surface area contributed by atoms with E-state index in [0.29, 0.717) is 6.42 Å². The molecular formula is C12H12N2O. The minimum absolute atomic E-state index is 0.124. The molecule has 3 heteroatoms. The third-order valence-corrected chi connectivity index (χ3v) is 2.88. The SMILES string of the molecule is O=C1CCCc2[nH]c3ccccc3c2N1. The molecule has 0 unspecified atom stereocenters. The number of H-pyrrole nitrogens is 1. The van der Waals surface area contributed by atoms with Crippen molar-refractivity contribution in [2.75, 3.05) is 5.32 Å². The van der Waals surface area contributed by atoms with E-state index in [-0.39, 0.29) is 5.91 Å². The molecule has 3 nitrogen and oxygen atoms in total. The molecule has 1 aromatic carbocycles. The molecule has 0 saturated carbocycles. The Morgan fingerprint density at radius 1 is 1.13 bits per heavy atom. The van der Waals surface area contributed by atoms with Crippen molar-refractivity contribution in [3.63, 3.8) is 0 Å². The number of benzene rings is 1. The fourth-order valence-corrected chi connectivity index (χ4v) is 2.16. The zero-order chi connectivity index (χ0) is 10.3. The molecule has 0 atom stereocenters. The molecule has 3 rings (SSSR count). The molecule has 0 saturated heterocycles. The van der Waals surface area contributed by atoms with Gasteiger partial charge in [0.25, 0.3) is 0 Å². The van der Waals surface area contributed by atoms with Gasteiger partial charge in [0.15, 0.2) is 0 Å². The number of rotatable bonds is 0. The van der Waals surface area contributed by atoms with Gasteiger partial charge in [-0.05, 0) is 18.9 Å². The molecule has 1 aliphatic rings. The fourth-order valence-electron chi connectivity index (χ4n) is 2.16. The van der Waals surface area contributed by atoms with Gasteiger partial charge in [0, 0.05) is 23.0 Å². The van der Waals surface area contributed by atoms with Gasteiger partial charge in [-0.3, -0.25) is 4.79 Å². The van der Waals surface area contributed by atoms with Crippen molar-refractivity contribution in [3.05, 3.63) is 30.0 Å². The van der Waals surface area contributed by atoms with Crippen LogP contribution in [0.15, 0.2) is 24.3 Å². The van der Waals surface area contributed by atoms with Crippen LogP contribution in [0.4, 0.5) is 5.69 Å². The van der Waals surface area contributed by atoms with Crippen molar-refractivity contribution in [1.82, 2.24) is 4.98 Å². The van der Waals surface area contributed by atoms with Crippen LogP contribution in [0.5, 0.6) is 0 Å². The zero-order valence-corrected chi connectivity index (χ0v) is 8.34. The van der Waals surface area contributed by atoms with Crippen LogP contribution in [-0.4, -0.2) is 10.9 Å². The number of aromatic amines is 1. The first-order valence-corrected chi connectivity index (χ1v) is 5.24. The van der Waals surface area contributed by atoms with E-state index in [0.717, 1.165) is 35.1 Å². The summed E-state index contributed by atoms with van der Waals surface area (Å²) in [6.45, 7) is 0. The highest BCUT2D eigenvalue weighted by atomic mass is 16.1. The summed E-state index contributed by atoms with van der Waals surface area (Å²) in [7, 11) is 0. The first-order valence-electron chi connectivity index (χ1n) is 5.24. The standard InChI is InChI=1S/C12H12N2O/c15-11-7-3-6-10-12(14-11)8-4-1-2-5-9(8)13-10/h1-2,4-5,13H,3,6-7H2,(H,14,15). The van der Waals surface area contributed by atoms with E-state index in [1.54, 1.807) is 0 Å². The number of hydrogen-bond acceptors (Lipinski definition) is 1. The lowest BCUT2D eigenvalue weighted by Crippen LogP contribution is -2.08. The Morgan fingerprint density at radius 3 is 2.93 bits per heavy atom. The molecule has 0 bridgehead atoms. The molecule has 1 aromatic heterocycles. The Hall–Kier alpha value is -1.77. The van der Waals surface area contributed by atoms with Gasteiger partial charge in [0.1, 0.15) is 0 Å². The first-order chi connectivity index (χ1) is 7.34. The third-order valence-electron chi connectivity index (χ3n) is 2.88. The van der Waals surface area contributed by atoms with Crippen molar-refractivity contribution >= 4 is 22.5 Å². The fraction of sp³-hybridized carbons (Fsp3) is 0.250. The molecule has 0 fully saturated rings. The van der Waals surface area contributed by atoms with Gasteiger partial charge in [-0.2, -0.15) is 0 Å². The predicted octanol–water partition coefficient (Wildman–Crippen LogP) is 2.44. The van der Waals surface area contributed by atoms with Gasteiger partial charge in [-0.1, -0.05) is 18.2 Å². The van der Waals surface area contributed by atoms with Crippen LogP contribution in [0.1, 0.15) is 18.5 Å². The van der Waals surface area contributed by atoms with E-state index >= 15 is 0 Å². The molecule has 0 radical (unpaired) electrons. The highest BCUT2D eigenvalue weighted by Gasteiger charge is 2.16. The Bertz CT molecular complexity index is 527. The number of carbonyl (C=O) groups is 1. The average Bonchev–Trinajstić information content (AvgIpc) is 2.47. The molecule has 1 amide bonds. The second kappa shape index (κ2) is 3.12. The van der Waals surface area contributed by atoms with Gasteiger partial charge in [0.2, 0.25) is 5.91 Å². The zero-order valence-electron chi connectivity index (χ0n) is 8.34. The van der Waals surface area contributed by atoms with Crippen LogP contribution < -0.4 is 5.32 Å². The smallest absolute Gasteiger partial charge is 0.224 e. The quantitative estimate of drug-likeness (QED) is 0.674. The van der Waals surface area contributed by atoms with Gasteiger partial charge < -0.3 is 10.3 Å². The molecule has 2 N–H and O–H groups in total. The third kappa shape index (κ3) is 1.31. The van der Waals surface area contributed by atoms with E-state index in [2.05, 4.69) is 10.3 Å². The highest BCUT2D eigenvalue weighted by molar-refractivity contribution is 6.03. The lowest BCUT2D eigenvalue weighted by atomic mass is 10.2. The number of carbonyl (C=O) groups excluding carboxylic acids is 1. The van der Waals surface area contributed by atoms with Crippen molar-refractivity contribution in [3.8, 4) is 0 Å². The topological polar surface area (TPSA) is 44.9 Å². The highest BCUT2D eigenvalue weighted by Crippen LogP contribution is 2.30. The van der Waals surface area contributed by atoms with Crippen molar-refractivity contribution in [2.45, 2.75) is 19.3 Å². The van der Waals surface area contributed by atoms with Crippen LogP contribution >= 0.6 is 0 Å². The molecule has 2 aromatic rings. The lowest BCUT2D eigenvalue weighted by Gasteiger charge is -2.00. The number of nitrogens with one attached hydrogen (secondary N) is 2. The molecule has 76 valence electrons. The average molecular weight is 200 g/mol. The summed E-state index contributed by atoms with van der Waals surface area (Å²) in [5, 5.41) is 4.09. The number of hydrogen-bond donors (Lipinski definition) is 2. The van der Waals surface area contributed by atoms with Crippen molar-refractivity contribution in [2.24, 2.45) is 0 Å². The number of aromatic nitrogens is 1. The molecule has 2 heterocycles. The maximum Gasteiger partial charge on any atom is 0.224 e. The van der Waals surface area contributed by atoms with E-state index < -0.39 is 0 Å². The maximum atomic E-state index is 11.5. The largest absolute Gasteiger partial charge is 0.357 e. The van der Waals surface area contributed by atoms with Crippen LogP contribution in [0, 0.1) is 0 Å². The Balaban J connectivity index is 2.24. The second-order valence-corrected chi connectivity index (χ2v) is 3.93. The molecule has 0 spiro atoms. The summed E-state index contributed by atoms with van der Waals surface area (Å²) in [5.74, 6) is 0.124. The summed E-state index contributed by atoms with van der Waals surface area (Å²) in [6, 6.07) is 8.07. The van der Waals surface area contributed by atoms with Gasteiger partial charge in [-0.15, -0.1) is 0 Å². The monoisotopic (exact) mass is 200 g/mol. The van der Waals surface area contributed by atoms with E-state index in [9.17, 15) is 4.79 Å². The van der Waals surface area contributed by atoms with Crippen LogP contribution in [-0.2, 0) is 11.2 Å². The second-order valence-electron chi connectivity index (χ2n) is 3.93. The first kappa shape index (κ1) is 8.53. The number of para-hydroxylation sites is 1. The van der Waals surface area contributed by atoms with Gasteiger partial charge in [0.05, 0.1) is 5.69 Å². The predicted molar refractivity (Wildman–Crippen MR) is 59.9 cm³/mol. The van der Waals surface area contributed by atoms with Crippen LogP contribution in [0.25, 0.3) is 10.9 Å². The van der Waals surface area contributed by atoms with Gasteiger partial charge in [-0.25, -0.2) is 0 Å². The number of anilines is 1. The molecule has 1 aliphatic heterocycles. The summed E-state index contributed by atoms with van der Waals surface area (Å²) >= 11 is 0. The molecule has 0 aliphatic carbocycles. The normalized spacial score (nSPS) is 15.9. The summed E-state index contributed by atoms with van der Waals surface area (Å²) < 4.78 is 0. The number of aryl methyl sites for hydroxylation is 1. The summed E-state index contributed by atoms with van der Waals surface area (Å²) in [4.78, 5) is 14.8. The van der Waals surface area contributed by atoms with Crippen molar-refractivity contribution in [1.29, 1.82) is 0 Å². The molecular weight excluding hydrogens is 188 g/mol. The minimum atomic E-state index is 0.124. The number of amides is 1. The summed E-state index contributed by atoms with van der Waals surface area (Å²) in [5.41, 5.74) is 3.24. The Morgan fingerprint density at radius 2 is 2.00 bits per heavy atom. The van der Waals surface area contributed by atoms with Crippen molar-refractivity contribution < 1.29 is 4.79 Å². The van der Waals surface area contributed by atoms with Gasteiger partial charge >= 0.3 is 0 Å². The van der Waals surface area contributed by atoms with E-state index in [4.69, 9.17) is 0 Å². The number of fused-ring (bicyclic) bond motifs is 3. The van der Waals surface area contributed by atoms with E-state index in [1.807, 2.05) is 24.3 Å². The summed E-state index contributed by atoms with van der Waals surface area (Å²) in [6.07, 6.45) is 2.49. The lowest BCUT2D eigenvalue weighted by molar-refractivity contribution is -0.116. The minimum Gasteiger partial charge on any atom is -0.357 e.